The number of fused-ring (bicyclic) bond motifs is 1. The van der Waals surface area contributed by atoms with Crippen LogP contribution in [-0.2, 0) is 9.59 Å². The van der Waals surface area contributed by atoms with Crippen molar-refractivity contribution in [1.29, 1.82) is 0 Å². The molecule has 1 amide bonds. The van der Waals surface area contributed by atoms with Crippen LogP contribution in [0, 0.1) is 6.92 Å². The summed E-state index contributed by atoms with van der Waals surface area (Å²) in [5, 5.41) is 11.8. The van der Waals surface area contributed by atoms with Gasteiger partial charge in [0.2, 0.25) is 6.41 Å². The second-order valence-corrected chi connectivity index (χ2v) is 6.26. The maximum atomic E-state index is 11.8. The van der Waals surface area contributed by atoms with Crippen LogP contribution in [-0.4, -0.2) is 52.0 Å². The van der Waals surface area contributed by atoms with E-state index in [1.54, 1.807) is 0 Å². The maximum Gasteiger partial charge on any atom is 0.214 e. The second kappa shape index (κ2) is 7.02. The third kappa shape index (κ3) is 2.88. The maximum absolute atomic E-state index is 11.8. The van der Waals surface area contributed by atoms with Crippen LogP contribution >= 0.6 is 11.8 Å². The molecular formula is C17H17N3O3S. The van der Waals surface area contributed by atoms with E-state index in [2.05, 4.69) is 4.99 Å². The van der Waals surface area contributed by atoms with E-state index in [0.29, 0.717) is 17.3 Å². The van der Waals surface area contributed by atoms with Gasteiger partial charge in [0.15, 0.2) is 5.17 Å². The van der Waals surface area contributed by atoms with E-state index < -0.39 is 6.04 Å². The van der Waals surface area contributed by atoms with Crippen LogP contribution in [0.15, 0.2) is 46.6 Å². The number of carbonyl (C=O) groups excluding carboxylic acids is 2. The first-order valence-electron chi connectivity index (χ1n) is 7.48. The zero-order valence-corrected chi connectivity index (χ0v) is 13.9. The molecule has 1 N–H and O–H groups in total. The molecule has 2 aliphatic rings. The number of amidine groups is 1. The van der Waals surface area contributed by atoms with Gasteiger partial charge in [0.05, 0.1) is 24.2 Å². The highest BCUT2D eigenvalue weighted by Crippen LogP contribution is 2.38. The molecule has 0 saturated carbocycles. The van der Waals surface area contributed by atoms with Crippen molar-refractivity contribution in [3.8, 4) is 0 Å². The smallest absolute Gasteiger partial charge is 0.214 e. The molecule has 2 heterocycles. The van der Waals surface area contributed by atoms with Crippen molar-refractivity contribution in [2.45, 2.75) is 13.0 Å². The van der Waals surface area contributed by atoms with Gasteiger partial charge < -0.3 is 19.7 Å². The molecule has 0 aromatic heterocycles. The summed E-state index contributed by atoms with van der Waals surface area (Å²) in [6.45, 7) is 1.95. The summed E-state index contributed by atoms with van der Waals surface area (Å²) >= 11 is 1.44. The number of nitrogens with zero attached hydrogens (tertiary/aromatic N) is 3. The van der Waals surface area contributed by atoms with E-state index in [1.807, 2.05) is 41.5 Å². The lowest BCUT2D eigenvalue weighted by Gasteiger charge is -2.35. The number of benzene rings is 1. The first-order valence-corrected chi connectivity index (χ1v) is 8.36. The predicted molar refractivity (Wildman–Crippen MR) is 93.8 cm³/mol. The van der Waals surface area contributed by atoms with Crippen LogP contribution in [0.5, 0.6) is 0 Å². The lowest BCUT2D eigenvalue weighted by molar-refractivity contribution is -0.117. The number of aliphatic imine (C=N–C) groups is 1. The molecule has 1 unspecified atom stereocenters. The topological polar surface area (TPSA) is 73.2 Å². The summed E-state index contributed by atoms with van der Waals surface area (Å²) in [7, 11) is 0. The molecule has 7 heteroatoms. The molecule has 0 radical (unpaired) electrons. The molecule has 124 valence electrons. The minimum Gasteiger partial charge on any atom is -0.395 e. The molecule has 1 atom stereocenters. The lowest BCUT2D eigenvalue weighted by atomic mass is 10.1. The fraction of sp³-hybridized carbons (Fsp3) is 0.235. The fourth-order valence-electron chi connectivity index (χ4n) is 2.67. The standard InChI is InChI=1S/C17H17N3O3S/c1-12-2-4-13(5-3-12)16-10-24-17-18-8-14(15(9-22)20(16)17)19(11-23)6-7-21/h2-5,8-11,15,21H,6-7H2,1H3. The zero-order valence-electron chi connectivity index (χ0n) is 13.1. The number of aliphatic hydroxyl groups excluding tert-OH is 1. The van der Waals surface area contributed by atoms with Gasteiger partial charge >= 0.3 is 0 Å². The Morgan fingerprint density at radius 1 is 1.33 bits per heavy atom. The quantitative estimate of drug-likeness (QED) is 0.794. The van der Waals surface area contributed by atoms with Crippen LogP contribution in [0.4, 0.5) is 0 Å². The number of aliphatic hydroxyl groups is 1. The molecule has 0 fully saturated rings. The monoisotopic (exact) mass is 343 g/mol. The van der Waals surface area contributed by atoms with Crippen molar-refractivity contribution in [3.05, 3.63) is 52.7 Å². The van der Waals surface area contributed by atoms with E-state index >= 15 is 0 Å². The van der Waals surface area contributed by atoms with Gasteiger partial charge in [0.1, 0.15) is 12.3 Å². The zero-order chi connectivity index (χ0) is 17.1. The average molecular weight is 343 g/mol. The number of aryl methyl sites for hydroxylation is 1. The SMILES string of the molecule is Cc1ccc(C2=CSC3=NC=C(N(C=O)CCO)C(C=O)N23)cc1. The summed E-state index contributed by atoms with van der Waals surface area (Å²) < 4.78 is 0. The average Bonchev–Trinajstić information content (AvgIpc) is 3.03. The third-order valence-electron chi connectivity index (χ3n) is 3.91. The van der Waals surface area contributed by atoms with Gasteiger partial charge in [0, 0.05) is 12.0 Å². The molecule has 0 aliphatic carbocycles. The molecule has 0 saturated heterocycles. The van der Waals surface area contributed by atoms with E-state index in [4.69, 9.17) is 5.11 Å². The summed E-state index contributed by atoms with van der Waals surface area (Å²) in [4.78, 5) is 30.6. The van der Waals surface area contributed by atoms with Gasteiger partial charge in [-0.2, -0.15) is 0 Å². The molecule has 2 aliphatic heterocycles. The van der Waals surface area contributed by atoms with Gasteiger partial charge in [-0.05, 0) is 12.5 Å². The van der Waals surface area contributed by atoms with Gasteiger partial charge in [-0.15, -0.1) is 0 Å². The Kier molecular flexibility index (Phi) is 4.82. The highest BCUT2D eigenvalue weighted by atomic mass is 32.2. The Morgan fingerprint density at radius 2 is 2.08 bits per heavy atom. The van der Waals surface area contributed by atoms with E-state index in [-0.39, 0.29) is 13.2 Å². The summed E-state index contributed by atoms with van der Waals surface area (Å²) in [6.07, 6.45) is 2.92. The number of rotatable bonds is 6. The first-order chi connectivity index (χ1) is 11.7. The van der Waals surface area contributed by atoms with Crippen LogP contribution < -0.4 is 0 Å². The van der Waals surface area contributed by atoms with Crippen molar-refractivity contribution >= 4 is 35.3 Å². The number of amides is 1. The van der Waals surface area contributed by atoms with Crippen LogP contribution in [0.2, 0.25) is 0 Å². The molecule has 0 spiro atoms. The van der Waals surface area contributed by atoms with Crippen molar-refractivity contribution in [3.63, 3.8) is 0 Å². The third-order valence-corrected chi connectivity index (χ3v) is 4.76. The molecule has 0 bridgehead atoms. The van der Waals surface area contributed by atoms with Gasteiger partial charge in [-0.25, -0.2) is 4.99 Å². The van der Waals surface area contributed by atoms with E-state index in [0.717, 1.165) is 23.1 Å². The Labute approximate surface area is 144 Å². The number of hydrogen-bond acceptors (Lipinski definition) is 6. The van der Waals surface area contributed by atoms with Crippen LogP contribution in [0.3, 0.4) is 0 Å². The first kappa shape index (κ1) is 16.5. The largest absolute Gasteiger partial charge is 0.395 e. The van der Waals surface area contributed by atoms with Crippen molar-refractivity contribution < 1.29 is 14.7 Å². The van der Waals surface area contributed by atoms with Crippen molar-refractivity contribution in [2.24, 2.45) is 4.99 Å². The molecule has 3 rings (SSSR count). The van der Waals surface area contributed by atoms with E-state index in [9.17, 15) is 9.59 Å². The summed E-state index contributed by atoms with van der Waals surface area (Å²) in [5.41, 5.74) is 3.46. The molecule has 24 heavy (non-hydrogen) atoms. The lowest BCUT2D eigenvalue weighted by Crippen LogP contribution is -2.45. The minimum atomic E-state index is -0.656. The molecule has 1 aromatic carbocycles. The highest BCUT2D eigenvalue weighted by molar-refractivity contribution is 8.16. The van der Waals surface area contributed by atoms with E-state index in [1.165, 1.54) is 22.9 Å². The second-order valence-electron chi connectivity index (χ2n) is 5.43. The molecule has 1 aromatic rings. The number of hydrogen-bond donors (Lipinski definition) is 1. The fourth-order valence-corrected chi connectivity index (χ4v) is 3.58. The normalized spacial score (nSPS) is 19.2. The Hall–Kier alpha value is -2.38. The van der Waals surface area contributed by atoms with Crippen LogP contribution in [0.25, 0.3) is 5.70 Å². The molecular weight excluding hydrogens is 326 g/mol. The minimum absolute atomic E-state index is 0.120. The number of carbonyl (C=O) groups is 2. The number of aldehydes is 1. The van der Waals surface area contributed by atoms with Gasteiger partial charge in [-0.1, -0.05) is 41.6 Å². The molecule has 6 nitrogen and oxygen atoms in total. The highest BCUT2D eigenvalue weighted by Gasteiger charge is 2.37. The predicted octanol–water partition coefficient (Wildman–Crippen LogP) is 1.57. The van der Waals surface area contributed by atoms with Gasteiger partial charge in [-0.3, -0.25) is 4.79 Å². The Bertz CT molecular complexity index is 740. The van der Waals surface area contributed by atoms with Gasteiger partial charge in [0.25, 0.3) is 0 Å². The van der Waals surface area contributed by atoms with Crippen molar-refractivity contribution in [2.75, 3.05) is 13.2 Å². The van der Waals surface area contributed by atoms with Crippen LogP contribution in [0.1, 0.15) is 11.1 Å². The summed E-state index contributed by atoms with van der Waals surface area (Å²) in [5.74, 6) is 0. The Morgan fingerprint density at radius 3 is 2.71 bits per heavy atom. The Balaban J connectivity index is 1.96. The summed E-state index contributed by atoms with van der Waals surface area (Å²) in [6, 6.07) is 7.36. The number of thioether (sulfide) groups is 1. The van der Waals surface area contributed by atoms with Crippen molar-refractivity contribution in [1.82, 2.24) is 9.80 Å².